The third-order valence-corrected chi connectivity index (χ3v) is 5.56. The molecule has 6 nitrogen and oxygen atoms in total. The van der Waals surface area contributed by atoms with Crippen LogP contribution in [0.25, 0.3) is 5.95 Å². The van der Waals surface area contributed by atoms with Crippen molar-refractivity contribution in [1.82, 2.24) is 29.5 Å². The highest BCUT2D eigenvalue weighted by atomic mass is 19.3. The van der Waals surface area contributed by atoms with Gasteiger partial charge in [-0.1, -0.05) is 0 Å². The zero-order chi connectivity index (χ0) is 21.3. The van der Waals surface area contributed by atoms with Crippen molar-refractivity contribution in [2.24, 2.45) is 5.92 Å². The first-order valence-corrected chi connectivity index (χ1v) is 10.2. The van der Waals surface area contributed by atoms with E-state index in [9.17, 15) is 13.2 Å². The zero-order valence-electron chi connectivity index (χ0n) is 17.2. The minimum absolute atomic E-state index is 0.0762. The highest BCUT2D eigenvalue weighted by Gasteiger charge is 2.35. The quantitative estimate of drug-likeness (QED) is 0.597. The van der Waals surface area contributed by atoms with Crippen molar-refractivity contribution in [3.63, 3.8) is 0 Å². The molecule has 0 radical (unpaired) electrons. The van der Waals surface area contributed by atoms with Crippen molar-refractivity contribution in [2.45, 2.75) is 65.1 Å². The van der Waals surface area contributed by atoms with Gasteiger partial charge in [0.2, 0.25) is 5.92 Å². The van der Waals surface area contributed by atoms with Gasteiger partial charge in [0.25, 0.3) is 5.95 Å². The predicted molar refractivity (Wildman–Crippen MR) is 105 cm³/mol. The molecule has 0 amide bonds. The van der Waals surface area contributed by atoms with Gasteiger partial charge in [-0.05, 0) is 57.2 Å². The van der Waals surface area contributed by atoms with Crippen LogP contribution in [0.4, 0.5) is 13.2 Å². The average Bonchev–Trinajstić information content (AvgIpc) is 3.30. The number of hydrogen-bond acceptors (Lipinski definition) is 4. The molecule has 1 aliphatic rings. The van der Waals surface area contributed by atoms with Gasteiger partial charge in [0.15, 0.2) is 0 Å². The Morgan fingerprint density at radius 2 is 1.77 bits per heavy atom. The van der Waals surface area contributed by atoms with Gasteiger partial charge in [-0.3, -0.25) is 4.68 Å². The second kappa shape index (κ2) is 8.20. The van der Waals surface area contributed by atoms with Crippen molar-refractivity contribution >= 4 is 0 Å². The van der Waals surface area contributed by atoms with Crippen LogP contribution in [-0.4, -0.2) is 35.5 Å². The molecule has 160 valence electrons. The summed E-state index contributed by atoms with van der Waals surface area (Å²) in [6.07, 6.45) is 3.04. The van der Waals surface area contributed by atoms with E-state index in [2.05, 4.69) is 20.2 Å². The van der Waals surface area contributed by atoms with E-state index in [0.717, 1.165) is 22.8 Å². The van der Waals surface area contributed by atoms with Gasteiger partial charge in [-0.25, -0.2) is 27.8 Å². The predicted octanol–water partition coefficient (Wildman–Crippen LogP) is 4.36. The van der Waals surface area contributed by atoms with Crippen LogP contribution in [0, 0.1) is 19.8 Å². The van der Waals surface area contributed by atoms with E-state index in [4.69, 9.17) is 0 Å². The molecule has 0 aromatic carbocycles. The van der Waals surface area contributed by atoms with Crippen molar-refractivity contribution in [1.29, 1.82) is 0 Å². The summed E-state index contributed by atoms with van der Waals surface area (Å²) in [4.78, 5) is 9.20. The lowest BCUT2D eigenvalue weighted by molar-refractivity contribution is -0.0457. The third-order valence-electron chi connectivity index (χ3n) is 5.56. The molecule has 0 spiro atoms. The van der Waals surface area contributed by atoms with Crippen LogP contribution >= 0.6 is 0 Å². The standard InChI is InChI=1S/C21H25F3N6/c1-14-9-15(2)30(27-14)13-19-11-18(10-16-3-6-21(23,24)7-4-16)25-20(26-19)29-8-5-17(12-22)28-29/h5,8-9,11,16H,3-4,6-7,10,12-13H2,1-2H3. The maximum atomic E-state index is 13.5. The Balaban J connectivity index is 1.62. The van der Waals surface area contributed by atoms with Crippen LogP contribution in [0.3, 0.4) is 0 Å². The van der Waals surface area contributed by atoms with Gasteiger partial charge in [-0.15, -0.1) is 0 Å². The van der Waals surface area contributed by atoms with Gasteiger partial charge in [0, 0.05) is 30.4 Å². The number of aryl methyl sites for hydroxylation is 2. The van der Waals surface area contributed by atoms with Gasteiger partial charge >= 0.3 is 0 Å². The third kappa shape index (κ3) is 4.71. The lowest BCUT2D eigenvalue weighted by Crippen LogP contribution is -2.26. The second-order valence-corrected chi connectivity index (χ2v) is 8.12. The number of aromatic nitrogens is 6. The number of halogens is 3. The first-order valence-electron chi connectivity index (χ1n) is 10.2. The van der Waals surface area contributed by atoms with E-state index in [-0.39, 0.29) is 18.8 Å². The maximum absolute atomic E-state index is 13.5. The molecule has 30 heavy (non-hydrogen) atoms. The van der Waals surface area contributed by atoms with E-state index >= 15 is 0 Å². The number of alkyl halides is 3. The molecule has 9 heteroatoms. The molecule has 0 aliphatic heterocycles. The van der Waals surface area contributed by atoms with Crippen LogP contribution in [0.2, 0.25) is 0 Å². The van der Waals surface area contributed by atoms with Crippen molar-refractivity contribution in [3.8, 4) is 5.95 Å². The fraction of sp³-hybridized carbons (Fsp3) is 0.524. The monoisotopic (exact) mass is 418 g/mol. The van der Waals surface area contributed by atoms with Crippen molar-refractivity contribution in [3.05, 3.63) is 52.9 Å². The molecule has 0 N–H and O–H groups in total. The summed E-state index contributed by atoms with van der Waals surface area (Å²) < 4.78 is 43.3. The van der Waals surface area contributed by atoms with Crippen LogP contribution in [-0.2, 0) is 19.6 Å². The highest BCUT2D eigenvalue weighted by molar-refractivity contribution is 5.21. The Bertz CT molecular complexity index is 1020. The summed E-state index contributed by atoms with van der Waals surface area (Å²) in [5.41, 5.74) is 3.77. The lowest BCUT2D eigenvalue weighted by Gasteiger charge is -2.28. The van der Waals surface area contributed by atoms with Gasteiger partial charge in [0.1, 0.15) is 6.67 Å². The lowest BCUT2D eigenvalue weighted by atomic mass is 9.84. The molecular weight excluding hydrogens is 393 g/mol. The zero-order valence-corrected chi connectivity index (χ0v) is 17.2. The van der Waals surface area contributed by atoms with E-state index in [1.807, 2.05) is 30.7 Å². The number of nitrogens with zero attached hydrogens (tertiary/aromatic N) is 6. The summed E-state index contributed by atoms with van der Waals surface area (Å²) in [7, 11) is 0. The summed E-state index contributed by atoms with van der Waals surface area (Å²) in [5, 5.41) is 8.66. The number of hydrogen-bond donors (Lipinski definition) is 0. The average molecular weight is 418 g/mol. The second-order valence-electron chi connectivity index (χ2n) is 8.12. The number of rotatable bonds is 6. The minimum Gasteiger partial charge on any atom is -0.264 e. The Labute approximate surface area is 173 Å². The fourth-order valence-electron chi connectivity index (χ4n) is 3.96. The first-order chi connectivity index (χ1) is 14.3. The Hall–Kier alpha value is -2.71. The summed E-state index contributed by atoms with van der Waals surface area (Å²) in [6, 6.07) is 5.48. The summed E-state index contributed by atoms with van der Waals surface area (Å²) >= 11 is 0. The van der Waals surface area contributed by atoms with Crippen molar-refractivity contribution < 1.29 is 13.2 Å². The molecule has 1 aliphatic carbocycles. The van der Waals surface area contributed by atoms with Crippen LogP contribution < -0.4 is 0 Å². The molecule has 0 saturated heterocycles. The molecular formula is C21H25F3N6. The van der Waals surface area contributed by atoms with Crippen LogP contribution in [0.5, 0.6) is 0 Å². The maximum Gasteiger partial charge on any atom is 0.251 e. The minimum atomic E-state index is -2.55. The Kier molecular flexibility index (Phi) is 5.62. The van der Waals surface area contributed by atoms with E-state index < -0.39 is 12.6 Å². The van der Waals surface area contributed by atoms with Crippen LogP contribution in [0.1, 0.15) is 54.2 Å². The largest absolute Gasteiger partial charge is 0.264 e. The SMILES string of the molecule is Cc1cc(C)n(Cc2cc(CC3CCC(F)(F)CC3)nc(-n3ccc(CF)n3)n2)n1. The molecule has 4 rings (SSSR count). The fourth-order valence-corrected chi connectivity index (χ4v) is 3.96. The molecule has 1 fully saturated rings. The highest BCUT2D eigenvalue weighted by Crippen LogP contribution is 2.37. The summed E-state index contributed by atoms with van der Waals surface area (Å²) in [6.45, 7) is 3.71. The van der Waals surface area contributed by atoms with Gasteiger partial charge in [0.05, 0.1) is 23.6 Å². The molecule has 0 bridgehead atoms. The molecule has 3 heterocycles. The van der Waals surface area contributed by atoms with Crippen molar-refractivity contribution in [2.75, 3.05) is 0 Å². The van der Waals surface area contributed by atoms with Gasteiger partial charge < -0.3 is 0 Å². The molecule has 0 atom stereocenters. The molecule has 1 saturated carbocycles. The topological polar surface area (TPSA) is 61.4 Å². The van der Waals surface area contributed by atoms with Gasteiger partial charge in [-0.2, -0.15) is 10.2 Å². The smallest absolute Gasteiger partial charge is 0.251 e. The normalized spacial score (nSPS) is 16.8. The Morgan fingerprint density at radius 1 is 1.03 bits per heavy atom. The van der Waals surface area contributed by atoms with E-state index in [0.29, 0.717) is 37.4 Å². The molecule has 3 aromatic rings. The van der Waals surface area contributed by atoms with Crippen LogP contribution in [0.15, 0.2) is 24.4 Å². The molecule has 0 unspecified atom stereocenters. The summed E-state index contributed by atoms with van der Waals surface area (Å²) in [5.74, 6) is -2.04. The van der Waals surface area contributed by atoms with E-state index in [1.54, 1.807) is 12.3 Å². The van der Waals surface area contributed by atoms with E-state index in [1.165, 1.54) is 4.68 Å². The first kappa shape index (κ1) is 20.6. The Morgan fingerprint density at radius 3 is 2.40 bits per heavy atom. The molecule has 3 aromatic heterocycles.